The molecule has 1 atom stereocenters. The number of nitrogens with zero attached hydrogens (tertiary/aromatic N) is 4. The molecule has 2 aromatic rings. The van der Waals surface area contributed by atoms with Crippen molar-refractivity contribution in [1.29, 1.82) is 0 Å². The Balaban J connectivity index is 2.18. The molecule has 0 aliphatic rings. The molecule has 0 spiro atoms. The molecule has 2 heterocycles. The molecule has 1 N–H and O–H groups in total. The third kappa shape index (κ3) is 4.36. The van der Waals surface area contributed by atoms with Crippen molar-refractivity contribution in [3.05, 3.63) is 41.7 Å². The van der Waals surface area contributed by atoms with Gasteiger partial charge in [0, 0.05) is 18.7 Å². The molecule has 0 saturated heterocycles. The second kappa shape index (κ2) is 7.31. The first-order chi connectivity index (χ1) is 10.1. The standard InChI is InChI=1S/C16H25N5/c1-5-17-15(14-8-6-7-13(4)20-14)9-16-18-11-19-21(16)10-12(2)3/h6-8,11-12,15,17H,5,9-10H2,1-4H3. The van der Waals surface area contributed by atoms with E-state index in [0.29, 0.717) is 5.92 Å². The van der Waals surface area contributed by atoms with E-state index in [1.807, 2.05) is 17.7 Å². The molecule has 0 fully saturated rings. The summed E-state index contributed by atoms with van der Waals surface area (Å²) in [7, 11) is 0. The zero-order chi connectivity index (χ0) is 15.2. The lowest BCUT2D eigenvalue weighted by Gasteiger charge is -2.18. The van der Waals surface area contributed by atoms with E-state index in [1.54, 1.807) is 6.33 Å². The van der Waals surface area contributed by atoms with E-state index in [1.165, 1.54) is 0 Å². The zero-order valence-corrected chi connectivity index (χ0v) is 13.4. The van der Waals surface area contributed by atoms with Crippen LogP contribution in [0.5, 0.6) is 0 Å². The largest absolute Gasteiger partial charge is 0.309 e. The Hall–Kier alpha value is -1.75. The summed E-state index contributed by atoms with van der Waals surface area (Å²) in [6.45, 7) is 10.3. The lowest BCUT2D eigenvalue weighted by Crippen LogP contribution is -2.26. The van der Waals surface area contributed by atoms with Crippen LogP contribution >= 0.6 is 0 Å². The molecular formula is C16H25N5. The van der Waals surface area contributed by atoms with Crippen molar-refractivity contribution in [1.82, 2.24) is 25.1 Å². The van der Waals surface area contributed by atoms with Gasteiger partial charge < -0.3 is 5.32 Å². The minimum absolute atomic E-state index is 0.171. The average Bonchev–Trinajstić information content (AvgIpc) is 2.85. The van der Waals surface area contributed by atoms with E-state index in [4.69, 9.17) is 0 Å². The molecule has 2 aromatic heterocycles. The molecule has 1 unspecified atom stereocenters. The van der Waals surface area contributed by atoms with Crippen molar-refractivity contribution in [2.45, 2.75) is 46.7 Å². The second-order valence-corrected chi connectivity index (χ2v) is 5.77. The summed E-state index contributed by atoms with van der Waals surface area (Å²) in [6, 6.07) is 6.32. The topological polar surface area (TPSA) is 55.6 Å². The fourth-order valence-corrected chi connectivity index (χ4v) is 2.41. The van der Waals surface area contributed by atoms with E-state index in [9.17, 15) is 0 Å². The first kappa shape index (κ1) is 15.6. The number of rotatable bonds is 7. The van der Waals surface area contributed by atoms with Crippen molar-refractivity contribution in [2.75, 3.05) is 6.54 Å². The molecule has 0 aliphatic heterocycles. The summed E-state index contributed by atoms with van der Waals surface area (Å²) < 4.78 is 2.00. The van der Waals surface area contributed by atoms with Gasteiger partial charge in [-0.3, -0.25) is 4.98 Å². The van der Waals surface area contributed by atoms with Gasteiger partial charge in [0.25, 0.3) is 0 Å². The quantitative estimate of drug-likeness (QED) is 0.850. The number of aryl methyl sites for hydroxylation is 1. The maximum atomic E-state index is 4.64. The van der Waals surface area contributed by atoms with Crippen LogP contribution in [0.15, 0.2) is 24.5 Å². The Labute approximate surface area is 126 Å². The zero-order valence-electron chi connectivity index (χ0n) is 13.4. The molecule has 0 saturated carbocycles. The number of hydrogen-bond donors (Lipinski definition) is 1. The molecule has 0 amide bonds. The fraction of sp³-hybridized carbons (Fsp3) is 0.562. The highest BCUT2D eigenvalue weighted by atomic mass is 15.3. The first-order valence-corrected chi connectivity index (χ1v) is 7.63. The molecule has 0 aliphatic carbocycles. The Morgan fingerprint density at radius 1 is 1.29 bits per heavy atom. The van der Waals surface area contributed by atoms with Gasteiger partial charge in [-0.05, 0) is 31.5 Å². The lowest BCUT2D eigenvalue weighted by atomic mass is 10.1. The number of likely N-dealkylation sites (N-methyl/N-ethyl adjacent to an activating group) is 1. The van der Waals surface area contributed by atoms with Crippen molar-refractivity contribution in [2.24, 2.45) is 5.92 Å². The highest BCUT2D eigenvalue weighted by Gasteiger charge is 2.16. The number of pyridine rings is 1. The Morgan fingerprint density at radius 3 is 2.76 bits per heavy atom. The van der Waals surface area contributed by atoms with Crippen LogP contribution in [0.2, 0.25) is 0 Å². The van der Waals surface area contributed by atoms with Gasteiger partial charge in [0.15, 0.2) is 0 Å². The van der Waals surface area contributed by atoms with Gasteiger partial charge >= 0.3 is 0 Å². The van der Waals surface area contributed by atoms with Crippen molar-refractivity contribution in [3.8, 4) is 0 Å². The number of hydrogen-bond acceptors (Lipinski definition) is 4. The number of aromatic nitrogens is 4. The Kier molecular flexibility index (Phi) is 5.44. The molecule has 2 rings (SSSR count). The fourth-order valence-electron chi connectivity index (χ4n) is 2.41. The van der Waals surface area contributed by atoms with Crippen molar-refractivity contribution in [3.63, 3.8) is 0 Å². The minimum atomic E-state index is 0.171. The summed E-state index contributed by atoms with van der Waals surface area (Å²) in [6.07, 6.45) is 2.45. The maximum Gasteiger partial charge on any atom is 0.138 e. The van der Waals surface area contributed by atoms with E-state index >= 15 is 0 Å². The summed E-state index contributed by atoms with van der Waals surface area (Å²) in [5.74, 6) is 1.57. The summed E-state index contributed by atoms with van der Waals surface area (Å²) in [5.41, 5.74) is 2.11. The van der Waals surface area contributed by atoms with E-state index in [2.05, 4.69) is 53.3 Å². The van der Waals surface area contributed by atoms with Crippen LogP contribution in [0.3, 0.4) is 0 Å². The smallest absolute Gasteiger partial charge is 0.138 e. The third-order valence-corrected chi connectivity index (χ3v) is 3.34. The summed E-state index contributed by atoms with van der Waals surface area (Å²) >= 11 is 0. The SMILES string of the molecule is CCNC(Cc1ncnn1CC(C)C)c1cccc(C)n1. The second-order valence-electron chi connectivity index (χ2n) is 5.77. The van der Waals surface area contributed by atoms with Gasteiger partial charge in [0.2, 0.25) is 0 Å². The maximum absolute atomic E-state index is 4.64. The summed E-state index contributed by atoms with van der Waals surface area (Å²) in [4.78, 5) is 9.07. The Bertz CT molecular complexity index is 561. The van der Waals surface area contributed by atoms with Gasteiger partial charge in [0.1, 0.15) is 12.2 Å². The molecule has 5 nitrogen and oxygen atoms in total. The van der Waals surface area contributed by atoms with Crippen LogP contribution in [0, 0.1) is 12.8 Å². The van der Waals surface area contributed by atoms with Crippen LogP contribution in [-0.4, -0.2) is 26.3 Å². The first-order valence-electron chi connectivity index (χ1n) is 7.63. The third-order valence-electron chi connectivity index (χ3n) is 3.34. The molecule has 114 valence electrons. The van der Waals surface area contributed by atoms with Gasteiger partial charge in [0.05, 0.1) is 11.7 Å². The van der Waals surface area contributed by atoms with Crippen LogP contribution in [0.1, 0.15) is 44.0 Å². The van der Waals surface area contributed by atoms with Gasteiger partial charge in [-0.25, -0.2) is 9.67 Å². The highest BCUT2D eigenvalue weighted by molar-refractivity contribution is 5.15. The van der Waals surface area contributed by atoms with E-state index in [0.717, 1.165) is 36.7 Å². The van der Waals surface area contributed by atoms with Crippen molar-refractivity contribution >= 4 is 0 Å². The van der Waals surface area contributed by atoms with Gasteiger partial charge in [-0.15, -0.1) is 0 Å². The monoisotopic (exact) mass is 287 g/mol. The molecule has 5 heteroatoms. The summed E-state index contributed by atoms with van der Waals surface area (Å²) in [5, 5.41) is 7.84. The van der Waals surface area contributed by atoms with Gasteiger partial charge in [-0.1, -0.05) is 26.8 Å². The predicted molar refractivity (Wildman–Crippen MR) is 84.0 cm³/mol. The average molecular weight is 287 g/mol. The highest BCUT2D eigenvalue weighted by Crippen LogP contribution is 2.16. The van der Waals surface area contributed by atoms with Gasteiger partial charge in [-0.2, -0.15) is 5.10 Å². The normalized spacial score (nSPS) is 12.8. The molecule has 0 aromatic carbocycles. The molecular weight excluding hydrogens is 262 g/mol. The lowest BCUT2D eigenvalue weighted by molar-refractivity contribution is 0.444. The van der Waals surface area contributed by atoms with E-state index < -0.39 is 0 Å². The Morgan fingerprint density at radius 2 is 2.10 bits per heavy atom. The predicted octanol–water partition coefficient (Wildman–Crippen LogP) is 2.53. The molecule has 0 bridgehead atoms. The van der Waals surface area contributed by atoms with Crippen LogP contribution < -0.4 is 5.32 Å². The minimum Gasteiger partial charge on any atom is -0.309 e. The van der Waals surface area contributed by atoms with Crippen molar-refractivity contribution < 1.29 is 0 Å². The number of nitrogens with one attached hydrogen (secondary N) is 1. The van der Waals surface area contributed by atoms with Crippen LogP contribution in [-0.2, 0) is 13.0 Å². The van der Waals surface area contributed by atoms with Crippen LogP contribution in [0.4, 0.5) is 0 Å². The van der Waals surface area contributed by atoms with Crippen LogP contribution in [0.25, 0.3) is 0 Å². The van der Waals surface area contributed by atoms with E-state index in [-0.39, 0.29) is 6.04 Å². The molecule has 21 heavy (non-hydrogen) atoms. The molecule has 0 radical (unpaired) electrons.